The van der Waals surface area contributed by atoms with Gasteiger partial charge in [-0.15, -0.1) is 24.0 Å². The van der Waals surface area contributed by atoms with Crippen LogP contribution in [0.5, 0.6) is 5.75 Å². The van der Waals surface area contributed by atoms with E-state index in [0.29, 0.717) is 6.10 Å². The second kappa shape index (κ2) is 12.3. The molecule has 2 N–H and O–H groups in total. The molecule has 1 aromatic heterocycles. The molecule has 0 amide bonds. The van der Waals surface area contributed by atoms with Crippen molar-refractivity contribution in [3.05, 3.63) is 46.8 Å². The van der Waals surface area contributed by atoms with Gasteiger partial charge in [-0.3, -0.25) is 9.67 Å². The summed E-state index contributed by atoms with van der Waals surface area (Å²) in [7, 11) is 3.81. The quantitative estimate of drug-likeness (QED) is 0.305. The minimum atomic E-state index is 0. The van der Waals surface area contributed by atoms with Crippen LogP contribution in [0.3, 0.4) is 0 Å². The number of nitrogens with zero attached hydrogens (tertiary/aromatic N) is 3. The Labute approximate surface area is 204 Å². The number of ether oxygens (including phenoxy) is 1. The number of aliphatic imine (C=N–C) groups is 1. The molecule has 1 atom stereocenters. The molecule has 1 fully saturated rings. The van der Waals surface area contributed by atoms with E-state index in [-0.39, 0.29) is 30.0 Å². The molecule has 0 aliphatic heterocycles. The monoisotopic (exact) mass is 539 g/mol. The molecule has 0 bridgehead atoms. The highest BCUT2D eigenvalue weighted by Crippen LogP contribution is 2.23. The van der Waals surface area contributed by atoms with E-state index in [1.165, 1.54) is 48.9 Å². The molecular weight excluding hydrogens is 501 g/mol. The van der Waals surface area contributed by atoms with Crippen LogP contribution in [0.4, 0.5) is 0 Å². The maximum absolute atomic E-state index is 6.12. The van der Waals surface area contributed by atoms with Gasteiger partial charge in [0, 0.05) is 32.4 Å². The maximum atomic E-state index is 6.12. The average molecular weight is 540 g/mol. The molecule has 1 saturated carbocycles. The Morgan fingerprint density at radius 2 is 1.87 bits per heavy atom. The smallest absolute Gasteiger partial charge is 0.191 e. The van der Waals surface area contributed by atoms with Crippen LogP contribution >= 0.6 is 24.0 Å². The van der Waals surface area contributed by atoms with E-state index in [9.17, 15) is 0 Å². The van der Waals surface area contributed by atoms with Crippen molar-refractivity contribution in [2.45, 2.75) is 78.0 Å². The van der Waals surface area contributed by atoms with Gasteiger partial charge in [-0.1, -0.05) is 18.6 Å². The number of hydrogen-bond donors (Lipinski definition) is 2. The van der Waals surface area contributed by atoms with Gasteiger partial charge in [-0.05, 0) is 76.1 Å². The van der Waals surface area contributed by atoms with E-state index >= 15 is 0 Å². The number of rotatable bonds is 7. The van der Waals surface area contributed by atoms with Crippen LogP contribution in [0.1, 0.15) is 61.5 Å². The summed E-state index contributed by atoms with van der Waals surface area (Å²) in [4.78, 5) is 4.38. The number of guanidine groups is 1. The number of aromatic nitrogens is 2. The molecule has 1 heterocycles. The molecule has 1 aliphatic rings. The predicted octanol–water partition coefficient (Wildman–Crippen LogP) is 4.66. The highest BCUT2D eigenvalue weighted by atomic mass is 127. The van der Waals surface area contributed by atoms with Crippen molar-refractivity contribution in [2.24, 2.45) is 12.0 Å². The highest BCUT2D eigenvalue weighted by Gasteiger charge is 2.15. The van der Waals surface area contributed by atoms with Gasteiger partial charge in [0.15, 0.2) is 5.96 Å². The molecule has 1 unspecified atom stereocenters. The number of aryl methyl sites for hydroxylation is 2. The maximum Gasteiger partial charge on any atom is 0.191 e. The van der Waals surface area contributed by atoms with Crippen molar-refractivity contribution in [3.63, 3.8) is 0 Å². The second-order valence-electron chi connectivity index (χ2n) is 8.47. The lowest BCUT2D eigenvalue weighted by molar-refractivity contribution is 0.155. The summed E-state index contributed by atoms with van der Waals surface area (Å²) in [6.07, 6.45) is 7.59. The van der Waals surface area contributed by atoms with Crippen LogP contribution in [-0.2, 0) is 20.0 Å². The Hall–Kier alpha value is -1.77. The van der Waals surface area contributed by atoms with E-state index in [0.717, 1.165) is 30.4 Å². The van der Waals surface area contributed by atoms with Crippen LogP contribution in [0.15, 0.2) is 29.3 Å². The zero-order valence-electron chi connectivity index (χ0n) is 19.6. The molecule has 7 heteroatoms. The fourth-order valence-electron chi connectivity index (χ4n) is 4.15. The van der Waals surface area contributed by atoms with Gasteiger partial charge in [0.05, 0.1) is 11.8 Å². The number of nitrogens with one attached hydrogen (secondary N) is 2. The lowest BCUT2D eigenvalue weighted by Gasteiger charge is -2.23. The van der Waals surface area contributed by atoms with Gasteiger partial charge in [0.2, 0.25) is 0 Å². The van der Waals surface area contributed by atoms with E-state index in [2.05, 4.69) is 65.8 Å². The summed E-state index contributed by atoms with van der Waals surface area (Å²) in [5.41, 5.74) is 4.84. The minimum Gasteiger partial charge on any atom is -0.490 e. The molecule has 31 heavy (non-hydrogen) atoms. The van der Waals surface area contributed by atoms with Crippen LogP contribution in [0.2, 0.25) is 0 Å². The van der Waals surface area contributed by atoms with Crippen LogP contribution in [-0.4, -0.2) is 34.9 Å². The molecular formula is C24H38IN5O. The first-order valence-electron chi connectivity index (χ1n) is 11.2. The fourth-order valence-corrected chi connectivity index (χ4v) is 4.15. The molecule has 2 aromatic rings. The Bertz CT molecular complexity index is 840. The van der Waals surface area contributed by atoms with Gasteiger partial charge in [-0.25, -0.2) is 0 Å². The third-order valence-electron chi connectivity index (χ3n) is 6.01. The van der Waals surface area contributed by atoms with Crippen molar-refractivity contribution in [1.29, 1.82) is 0 Å². The van der Waals surface area contributed by atoms with E-state index in [1.807, 2.05) is 18.8 Å². The standard InChI is InChI=1S/C24H37N5O.HI/c1-17(15-23-18(2)28-29(5)19(23)3)27-24(25-4)26-16-20-11-13-22(14-12-20)30-21-9-7-6-8-10-21;/h11-14,17,21H,6-10,15-16H2,1-5H3,(H2,25,26,27);1H. The predicted molar refractivity (Wildman–Crippen MR) is 139 cm³/mol. The summed E-state index contributed by atoms with van der Waals surface area (Å²) in [5.74, 6) is 1.79. The molecule has 3 rings (SSSR count). The normalized spacial score (nSPS) is 15.8. The average Bonchev–Trinajstić information content (AvgIpc) is 2.99. The summed E-state index contributed by atoms with van der Waals surface area (Å²) >= 11 is 0. The van der Waals surface area contributed by atoms with Crippen molar-refractivity contribution in [1.82, 2.24) is 20.4 Å². The van der Waals surface area contributed by atoms with Crippen molar-refractivity contribution in [2.75, 3.05) is 7.05 Å². The Morgan fingerprint density at radius 1 is 1.19 bits per heavy atom. The first kappa shape index (κ1) is 25.5. The second-order valence-corrected chi connectivity index (χ2v) is 8.47. The van der Waals surface area contributed by atoms with Gasteiger partial charge in [0.1, 0.15) is 5.75 Å². The first-order chi connectivity index (χ1) is 14.5. The van der Waals surface area contributed by atoms with Crippen LogP contribution < -0.4 is 15.4 Å². The van der Waals surface area contributed by atoms with Crippen molar-refractivity contribution < 1.29 is 4.74 Å². The molecule has 1 aromatic carbocycles. The fraction of sp³-hybridized carbons (Fsp3) is 0.583. The van der Waals surface area contributed by atoms with E-state index in [1.54, 1.807) is 0 Å². The van der Waals surface area contributed by atoms with Gasteiger partial charge >= 0.3 is 0 Å². The van der Waals surface area contributed by atoms with Crippen LogP contribution in [0.25, 0.3) is 0 Å². The third kappa shape index (κ3) is 7.40. The van der Waals surface area contributed by atoms with Crippen molar-refractivity contribution >= 4 is 29.9 Å². The topological polar surface area (TPSA) is 63.5 Å². The van der Waals surface area contributed by atoms with Gasteiger partial charge in [0.25, 0.3) is 0 Å². The molecule has 6 nitrogen and oxygen atoms in total. The third-order valence-corrected chi connectivity index (χ3v) is 6.01. The largest absolute Gasteiger partial charge is 0.490 e. The zero-order valence-corrected chi connectivity index (χ0v) is 21.9. The SMILES string of the molecule is CN=C(NCc1ccc(OC2CCCCC2)cc1)NC(C)Cc1c(C)nn(C)c1C.I. The molecule has 0 radical (unpaired) electrons. The minimum absolute atomic E-state index is 0. The highest BCUT2D eigenvalue weighted by molar-refractivity contribution is 14.0. The van der Waals surface area contributed by atoms with Gasteiger partial charge < -0.3 is 15.4 Å². The first-order valence-corrected chi connectivity index (χ1v) is 11.2. The lowest BCUT2D eigenvalue weighted by Crippen LogP contribution is -2.42. The van der Waals surface area contributed by atoms with E-state index < -0.39 is 0 Å². The molecule has 172 valence electrons. The zero-order chi connectivity index (χ0) is 21.5. The summed E-state index contributed by atoms with van der Waals surface area (Å²) in [6, 6.07) is 8.68. The van der Waals surface area contributed by atoms with Gasteiger partial charge in [-0.2, -0.15) is 5.10 Å². The number of halogens is 1. The number of benzene rings is 1. The summed E-state index contributed by atoms with van der Waals surface area (Å²) in [6.45, 7) is 7.09. The summed E-state index contributed by atoms with van der Waals surface area (Å²) < 4.78 is 8.07. The Balaban J connectivity index is 0.00000341. The summed E-state index contributed by atoms with van der Waals surface area (Å²) in [5, 5.41) is 11.4. The molecule has 0 spiro atoms. The molecule has 0 saturated heterocycles. The Morgan fingerprint density at radius 3 is 2.45 bits per heavy atom. The number of hydrogen-bond acceptors (Lipinski definition) is 3. The van der Waals surface area contributed by atoms with Crippen molar-refractivity contribution in [3.8, 4) is 5.75 Å². The van der Waals surface area contributed by atoms with E-state index in [4.69, 9.17) is 4.74 Å². The van der Waals surface area contributed by atoms with Crippen LogP contribution in [0, 0.1) is 13.8 Å². The lowest BCUT2D eigenvalue weighted by atomic mass is 9.98. The Kier molecular flexibility index (Phi) is 10.1. The molecule has 1 aliphatic carbocycles.